The van der Waals surface area contributed by atoms with Gasteiger partial charge in [-0.2, -0.15) is 0 Å². The number of ether oxygens (including phenoxy) is 1. The molecule has 0 saturated carbocycles. The third-order valence-corrected chi connectivity index (χ3v) is 3.53. The predicted octanol–water partition coefficient (Wildman–Crippen LogP) is 4.78. The Hall–Kier alpha value is -3.68. The predicted molar refractivity (Wildman–Crippen MR) is 115 cm³/mol. The van der Waals surface area contributed by atoms with Crippen molar-refractivity contribution in [2.24, 2.45) is 0 Å². The van der Waals surface area contributed by atoms with Gasteiger partial charge in [0.2, 0.25) is 11.8 Å². The van der Waals surface area contributed by atoms with Crippen molar-refractivity contribution in [1.29, 1.82) is 0 Å². The molecule has 2 aromatic carbocycles. The Morgan fingerprint density at radius 1 is 0.933 bits per heavy atom. The lowest BCUT2D eigenvalue weighted by atomic mass is 10.2. The molecule has 2 aromatic rings. The Balaban J connectivity index is 2.06. The molecule has 0 aromatic heterocycles. The minimum absolute atomic E-state index is 0.0940. The van der Waals surface area contributed by atoms with E-state index in [1.165, 1.54) is 19.1 Å². The Morgan fingerprint density at radius 2 is 1.60 bits per heavy atom. The number of halogens is 1. The molecule has 0 bridgehead atoms. The molecule has 0 fully saturated rings. The van der Waals surface area contributed by atoms with E-state index in [1.807, 2.05) is 0 Å². The fraction of sp³-hybridized carbons (Fsp3) is 0.227. The first kappa shape index (κ1) is 22.6. The van der Waals surface area contributed by atoms with Crippen molar-refractivity contribution in [3.63, 3.8) is 0 Å². The second kappa shape index (κ2) is 9.69. The van der Waals surface area contributed by atoms with Crippen molar-refractivity contribution < 1.29 is 23.5 Å². The lowest BCUT2D eigenvalue weighted by Crippen LogP contribution is -2.27. The molecule has 0 radical (unpaired) electrons. The van der Waals surface area contributed by atoms with Crippen molar-refractivity contribution >= 4 is 41.0 Å². The van der Waals surface area contributed by atoms with Crippen molar-refractivity contribution in [3.05, 3.63) is 59.9 Å². The summed E-state index contributed by atoms with van der Waals surface area (Å²) in [6, 6.07) is 10.5. The molecule has 158 valence electrons. The molecule has 0 atom stereocenters. The summed E-state index contributed by atoms with van der Waals surface area (Å²) in [5.41, 5.74) is 0.960. The highest BCUT2D eigenvalue weighted by molar-refractivity contribution is 6.05. The summed E-state index contributed by atoms with van der Waals surface area (Å²) in [6.07, 6.45) is 2.11. The van der Waals surface area contributed by atoms with Crippen LogP contribution in [0.15, 0.2) is 48.5 Å². The second-order valence-corrected chi connectivity index (χ2v) is 7.44. The summed E-state index contributed by atoms with van der Waals surface area (Å²) in [5, 5.41) is 7.68. The highest BCUT2D eigenvalue weighted by Crippen LogP contribution is 2.24. The number of rotatable bonds is 5. The molecule has 0 aliphatic rings. The molecule has 0 heterocycles. The molecule has 0 aliphatic carbocycles. The zero-order valence-corrected chi connectivity index (χ0v) is 17.2. The second-order valence-electron chi connectivity index (χ2n) is 7.44. The van der Waals surface area contributed by atoms with Gasteiger partial charge < -0.3 is 15.4 Å². The average Bonchev–Trinajstić information content (AvgIpc) is 2.61. The van der Waals surface area contributed by atoms with Gasteiger partial charge in [0.05, 0.1) is 11.4 Å². The van der Waals surface area contributed by atoms with E-state index in [9.17, 15) is 18.8 Å². The van der Waals surface area contributed by atoms with Gasteiger partial charge in [-0.1, -0.05) is 12.1 Å². The van der Waals surface area contributed by atoms with Gasteiger partial charge in [0.1, 0.15) is 11.4 Å². The smallest absolute Gasteiger partial charge is 0.412 e. The van der Waals surface area contributed by atoms with Crippen LogP contribution >= 0.6 is 0 Å². The lowest BCUT2D eigenvalue weighted by molar-refractivity contribution is -0.114. The van der Waals surface area contributed by atoms with Gasteiger partial charge >= 0.3 is 6.09 Å². The average molecular weight is 413 g/mol. The quantitative estimate of drug-likeness (QED) is 0.615. The molecule has 30 heavy (non-hydrogen) atoms. The zero-order valence-electron chi connectivity index (χ0n) is 17.2. The van der Waals surface area contributed by atoms with Crippen LogP contribution < -0.4 is 16.0 Å². The summed E-state index contributed by atoms with van der Waals surface area (Å²) in [5.74, 6) is -1.26. The highest BCUT2D eigenvalue weighted by atomic mass is 19.1. The fourth-order valence-corrected chi connectivity index (χ4v) is 2.37. The largest absolute Gasteiger partial charge is 0.444 e. The summed E-state index contributed by atoms with van der Waals surface area (Å²) in [4.78, 5) is 35.3. The molecule has 3 N–H and O–H groups in total. The molecule has 2 rings (SSSR count). The summed E-state index contributed by atoms with van der Waals surface area (Å²) in [6.45, 7) is 6.56. The van der Waals surface area contributed by atoms with Gasteiger partial charge in [-0.05, 0) is 62.7 Å². The molecule has 0 aliphatic heterocycles. The Morgan fingerprint density at radius 3 is 2.20 bits per heavy atom. The summed E-state index contributed by atoms with van der Waals surface area (Å²) in [7, 11) is 0. The first-order chi connectivity index (χ1) is 14.0. The van der Waals surface area contributed by atoms with E-state index in [2.05, 4.69) is 16.0 Å². The van der Waals surface area contributed by atoms with E-state index in [-0.39, 0.29) is 17.3 Å². The number of carbonyl (C=O) groups excluding carboxylic acids is 3. The lowest BCUT2D eigenvalue weighted by Gasteiger charge is -2.20. The Kier molecular flexibility index (Phi) is 7.30. The standard InChI is InChI=1S/C22H24FN3O4/c1-14(27)24-17-9-5-15(6-10-17)7-12-20(28)25-19-13-16(23)8-11-18(19)26-21(29)30-22(2,3)4/h5-13H,1-4H3,(H,24,27)(H,25,28)(H,26,29)/b12-7+. The van der Waals surface area contributed by atoms with E-state index >= 15 is 0 Å². The molecule has 7 nitrogen and oxygen atoms in total. The molecule has 0 saturated heterocycles. The Labute approximate surface area is 174 Å². The van der Waals surface area contributed by atoms with Crippen molar-refractivity contribution in [2.45, 2.75) is 33.3 Å². The summed E-state index contributed by atoms with van der Waals surface area (Å²) >= 11 is 0. The third kappa shape index (κ3) is 7.75. The van der Waals surface area contributed by atoms with Crippen LogP contribution in [0.1, 0.15) is 33.3 Å². The number of carbonyl (C=O) groups is 3. The van der Waals surface area contributed by atoms with E-state index in [4.69, 9.17) is 4.74 Å². The van der Waals surface area contributed by atoms with Crippen LogP contribution in [-0.4, -0.2) is 23.5 Å². The van der Waals surface area contributed by atoms with Gasteiger partial charge in [-0.25, -0.2) is 9.18 Å². The van der Waals surface area contributed by atoms with Crippen LogP contribution in [0.4, 0.5) is 26.2 Å². The number of hydrogen-bond donors (Lipinski definition) is 3. The van der Waals surface area contributed by atoms with Crippen LogP contribution in [0.3, 0.4) is 0 Å². The van der Waals surface area contributed by atoms with Gasteiger partial charge in [0.15, 0.2) is 0 Å². The summed E-state index contributed by atoms with van der Waals surface area (Å²) < 4.78 is 18.8. The number of hydrogen-bond acceptors (Lipinski definition) is 4. The topological polar surface area (TPSA) is 96.5 Å². The molecule has 8 heteroatoms. The molecular weight excluding hydrogens is 389 g/mol. The van der Waals surface area contributed by atoms with E-state index in [0.717, 1.165) is 17.7 Å². The third-order valence-electron chi connectivity index (χ3n) is 3.53. The molecule has 3 amide bonds. The van der Waals surface area contributed by atoms with Gasteiger partial charge in [0.25, 0.3) is 0 Å². The first-order valence-corrected chi connectivity index (χ1v) is 9.18. The number of amides is 3. The van der Waals surface area contributed by atoms with E-state index < -0.39 is 23.4 Å². The normalized spacial score (nSPS) is 11.1. The van der Waals surface area contributed by atoms with Crippen LogP contribution in [0.25, 0.3) is 6.08 Å². The minimum atomic E-state index is -0.723. The molecular formula is C22H24FN3O4. The van der Waals surface area contributed by atoms with Gasteiger partial charge in [-0.15, -0.1) is 0 Å². The maximum absolute atomic E-state index is 13.6. The fourth-order valence-electron chi connectivity index (χ4n) is 2.37. The van der Waals surface area contributed by atoms with Crippen molar-refractivity contribution in [3.8, 4) is 0 Å². The highest BCUT2D eigenvalue weighted by Gasteiger charge is 2.17. The number of anilines is 3. The monoisotopic (exact) mass is 413 g/mol. The maximum Gasteiger partial charge on any atom is 0.412 e. The molecule has 0 spiro atoms. The van der Waals surface area contributed by atoms with Crippen LogP contribution in [0.2, 0.25) is 0 Å². The van der Waals surface area contributed by atoms with Crippen molar-refractivity contribution in [2.75, 3.05) is 16.0 Å². The number of benzene rings is 2. The SMILES string of the molecule is CC(=O)Nc1ccc(/C=C/C(=O)Nc2cc(F)ccc2NC(=O)OC(C)(C)C)cc1. The van der Waals surface area contributed by atoms with E-state index in [0.29, 0.717) is 5.69 Å². The first-order valence-electron chi connectivity index (χ1n) is 9.18. The van der Waals surface area contributed by atoms with Crippen molar-refractivity contribution in [1.82, 2.24) is 0 Å². The minimum Gasteiger partial charge on any atom is -0.444 e. The Bertz CT molecular complexity index is 963. The van der Waals surface area contributed by atoms with Gasteiger partial charge in [-0.3, -0.25) is 14.9 Å². The molecule has 0 unspecified atom stereocenters. The number of nitrogens with one attached hydrogen (secondary N) is 3. The van der Waals surface area contributed by atoms with Crippen LogP contribution in [0.5, 0.6) is 0 Å². The van der Waals surface area contributed by atoms with Crippen LogP contribution in [-0.2, 0) is 14.3 Å². The maximum atomic E-state index is 13.6. The van der Waals surface area contributed by atoms with E-state index in [1.54, 1.807) is 51.1 Å². The zero-order chi connectivity index (χ0) is 22.3. The van der Waals surface area contributed by atoms with Crippen LogP contribution in [0, 0.1) is 5.82 Å². The van der Waals surface area contributed by atoms with Gasteiger partial charge in [0, 0.05) is 18.7 Å².